The predicted octanol–water partition coefficient (Wildman–Crippen LogP) is 2.74. The molecule has 1 amide bonds. The zero-order valence-electron chi connectivity index (χ0n) is 13.3. The van der Waals surface area contributed by atoms with E-state index >= 15 is 0 Å². The van der Waals surface area contributed by atoms with Crippen molar-refractivity contribution < 1.29 is 9.53 Å². The molecule has 2 heterocycles. The van der Waals surface area contributed by atoms with Gasteiger partial charge in [0.05, 0.1) is 29.1 Å². The molecule has 0 saturated heterocycles. The van der Waals surface area contributed by atoms with Gasteiger partial charge in [-0.05, 0) is 26.0 Å². The molecule has 0 N–H and O–H groups in total. The molecule has 7 heteroatoms. The Bertz CT molecular complexity index is 763. The van der Waals surface area contributed by atoms with Crippen LogP contribution in [-0.4, -0.2) is 42.6 Å². The average molecular weight is 330 g/mol. The van der Waals surface area contributed by atoms with Crippen LogP contribution in [-0.2, 0) is 9.53 Å². The number of hydrazone groups is 1. The zero-order valence-corrected chi connectivity index (χ0v) is 14.1. The van der Waals surface area contributed by atoms with Crippen LogP contribution in [0.5, 0.6) is 0 Å². The van der Waals surface area contributed by atoms with E-state index in [1.165, 1.54) is 16.3 Å². The van der Waals surface area contributed by atoms with Gasteiger partial charge in [-0.25, -0.2) is 4.98 Å². The van der Waals surface area contributed by atoms with E-state index < -0.39 is 5.92 Å². The lowest BCUT2D eigenvalue weighted by atomic mass is 9.99. The number of hydrogen-bond donors (Lipinski definition) is 0. The molecule has 0 spiro atoms. The Labute approximate surface area is 138 Å². The zero-order chi connectivity index (χ0) is 16.4. The summed E-state index contributed by atoms with van der Waals surface area (Å²) in [6.45, 7) is 4.79. The molecule has 2 aromatic rings. The number of rotatable bonds is 5. The summed E-state index contributed by atoms with van der Waals surface area (Å²) in [6.07, 6.45) is 0. The number of carbonyl (C=O) groups excluding carboxylic acids is 1. The van der Waals surface area contributed by atoms with Crippen LogP contribution in [0.15, 0.2) is 34.4 Å². The van der Waals surface area contributed by atoms with E-state index in [1.54, 1.807) is 7.11 Å². The third-order valence-electron chi connectivity index (χ3n) is 3.67. The Balaban J connectivity index is 1.86. The van der Waals surface area contributed by atoms with Crippen molar-refractivity contribution >= 4 is 44.0 Å². The summed E-state index contributed by atoms with van der Waals surface area (Å²) in [5.41, 5.74) is 2.38. The van der Waals surface area contributed by atoms with Crippen molar-refractivity contribution in [1.29, 1.82) is 0 Å². The van der Waals surface area contributed by atoms with E-state index in [2.05, 4.69) is 15.1 Å². The van der Waals surface area contributed by atoms with Gasteiger partial charge in [0.15, 0.2) is 0 Å². The topological polar surface area (TPSA) is 67.2 Å². The van der Waals surface area contributed by atoms with Gasteiger partial charge >= 0.3 is 0 Å². The first kappa shape index (κ1) is 15.8. The highest BCUT2D eigenvalue weighted by atomic mass is 32.1. The number of para-hydroxylation sites is 1. The normalized spacial score (nSPS) is 18.8. The van der Waals surface area contributed by atoms with Gasteiger partial charge in [-0.3, -0.25) is 9.79 Å². The highest BCUT2D eigenvalue weighted by Gasteiger charge is 2.37. The molecule has 1 aliphatic heterocycles. The molecule has 0 aliphatic carbocycles. The minimum Gasteiger partial charge on any atom is -0.383 e. The van der Waals surface area contributed by atoms with Crippen LogP contribution in [0.4, 0.5) is 5.13 Å². The summed E-state index contributed by atoms with van der Waals surface area (Å²) in [5, 5.41) is 6.40. The average Bonchev–Trinajstić information content (AvgIpc) is 3.08. The van der Waals surface area contributed by atoms with Crippen molar-refractivity contribution in [3.63, 3.8) is 0 Å². The number of aliphatic imine (C=N–C) groups is 1. The Hall–Kier alpha value is -2.12. The molecule has 0 saturated carbocycles. The second-order valence-corrected chi connectivity index (χ2v) is 6.31. The largest absolute Gasteiger partial charge is 0.383 e. The number of hydrogen-bond acceptors (Lipinski definition) is 6. The summed E-state index contributed by atoms with van der Waals surface area (Å²) in [6, 6.07) is 7.81. The van der Waals surface area contributed by atoms with Gasteiger partial charge < -0.3 is 4.74 Å². The van der Waals surface area contributed by atoms with E-state index in [0.717, 1.165) is 21.6 Å². The molecular weight excluding hydrogens is 312 g/mol. The maximum Gasteiger partial charge on any atom is 0.264 e. The quantitative estimate of drug-likeness (QED) is 0.625. The fourth-order valence-corrected chi connectivity index (χ4v) is 3.46. The van der Waals surface area contributed by atoms with Crippen LogP contribution < -0.4 is 5.01 Å². The number of nitrogens with zero attached hydrogens (tertiary/aromatic N) is 4. The third-order valence-corrected chi connectivity index (χ3v) is 4.68. The second-order valence-electron chi connectivity index (χ2n) is 5.30. The Morgan fingerprint density at radius 3 is 2.96 bits per heavy atom. The molecule has 0 radical (unpaired) electrons. The minimum absolute atomic E-state index is 0.0970. The van der Waals surface area contributed by atoms with Crippen LogP contribution in [0.1, 0.15) is 13.8 Å². The number of thiazole rings is 1. The highest BCUT2D eigenvalue weighted by molar-refractivity contribution is 7.22. The lowest BCUT2D eigenvalue weighted by molar-refractivity contribution is -0.118. The number of ether oxygens (including phenoxy) is 1. The Morgan fingerprint density at radius 1 is 1.43 bits per heavy atom. The number of benzene rings is 1. The summed E-state index contributed by atoms with van der Waals surface area (Å²) in [4.78, 5) is 21.7. The monoisotopic (exact) mass is 330 g/mol. The lowest BCUT2D eigenvalue weighted by Crippen LogP contribution is -2.31. The molecule has 3 rings (SSSR count). The first-order valence-electron chi connectivity index (χ1n) is 7.36. The van der Waals surface area contributed by atoms with Crippen molar-refractivity contribution in [2.24, 2.45) is 16.0 Å². The first-order valence-corrected chi connectivity index (χ1v) is 8.18. The summed E-state index contributed by atoms with van der Waals surface area (Å²) in [5.74, 6) is -0.501. The van der Waals surface area contributed by atoms with E-state index in [4.69, 9.17) is 4.74 Å². The van der Waals surface area contributed by atoms with E-state index in [9.17, 15) is 4.79 Å². The van der Waals surface area contributed by atoms with Crippen LogP contribution >= 0.6 is 11.3 Å². The fraction of sp³-hybridized carbons (Fsp3) is 0.375. The molecule has 120 valence electrons. The molecule has 23 heavy (non-hydrogen) atoms. The van der Waals surface area contributed by atoms with Crippen LogP contribution in [0.25, 0.3) is 10.2 Å². The van der Waals surface area contributed by atoms with Crippen molar-refractivity contribution in [1.82, 2.24) is 4.98 Å². The van der Waals surface area contributed by atoms with Gasteiger partial charge in [-0.15, -0.1) is 0 Å². The summed E-state index contributed by atoms with van der Waals surface area (Å²) < 4.78 is 6.03. The predicted molar refractivity (Wildman–Crippen MR) is 93.6 cm³/mol. The molecular formula is C16H18N4O2S. The van der Waals surface area contributed by atoms with E-state index in [0.29, 0.717) is 18.3 Å². The van der Waals surface area contributed by atoms with Crippen LogP contribution in [0, 0.1) is 5.92 Å². The molecule has 1 aromatic carbocycles. The molecule has 0 unspecified atom stereocenters. The van der Waals surface area contributed by atoms with Gasteiger partial charge in [-0.2, -0.15) is 10.1 Å². The van der Waals surface area contributed by atoms with Gasteiger partial charge in [0.2, 0.25) is 5.13 Å². The van der Waals surface area contributed by atoms with Crippen LogP contribution in [0.2, 0.25) is 0 Å². The van der Waals surface area contributed by atoms with Gasteiger partial charge in [0.1, 0.15) is 5.92 Å². The molecule has 1 aliphatic rings. The number of aromatic nitrogens is 1. The van der Waals surface area contributed by atoms with Gasteiger partial charge in [-0.1, -0.05) is 23.5 Å². The van der Waals surface area contributed by atoms with E-state index in [1.807, 2.05) is 38.1 Å². The molecule has 6 nitrogen and oxygen atoms in total. The Morgan fingerprint density at radius 2 is 2.22 bits per heavy atom. The fourth-order valence-electron chi connectivity index (χ4n) is 2.54. The number of methoxy groups -OCH3 is 1. The number of fused-ring (bicyclic) bond motifs is 1. The highest BCUT2D eigenvalue weighted by Crippen LogP contribution is 2.32. The van der Waals surface area contributed by atoms with Crippen molar-refractivity contribution in [3.05, 3.63) is 24.3 Å². The molecule has 1 atom stereocenters. The maximum absolute atomic E-state index is 12.7. The first-order chi connectivity index (χ1) is 11.1. The van der Waals surface area contributed by atoms with Crippen molar-refractivity contribution in [2.75, 3.05) is 25.3 Å². The Kier molecular flexibility index (Phi) is 4.49. The molecule has 1 aromatic heterocycles. The number of carbonyl (C=O) groups is 1. The SMILES string of the molecule is COCCN=C(C)[C@H]1C(=O)N(c2nc3ccccc3s2)N=C1C. The molecule has 0 bridgehead atoms. The van der Waals surface area contributed by atoms with Crippen molar-refractivity contribution in [3.8, 4) is 0 Å². The lowest BCUT2D eigenvalue weighted by Gasteiger charge is -2.11. The van der Waals surface area contributed by atoms with Crippen LogP contribution in [0.3, 0.4) is 0 Å². The second kappa shape index (κ2) is 6.55. The molecule has 0 fully saturated rings. The van der Waals surface area contributed by atoms with Gasteiger partial charge in [0, 0.05) is 12.8 Å². The summed E-state index contributed by atoms with van der Waals surface area (Å²) >= 11 is 1.46. The number of anilines is 1. The smallest absolute Gasteiger partial charge is 0.264 e. The summed E-state index contributed by atoms with van der Waals surface area (Å²) in [7, 11) is 1.63. The van der Waals surface area contributed by atoms with Crippen molar-refractivity contribution in [2.45, 2.75) is 13.8 Å². The minimum atomic E-state index is -0.404. The number of amides is 1. The van der Waals surface area contributed by atoms with E-state index in [-0.39, 0.29) is 5.91 Å². The van der Waals surface area contributed by atoms with Gasteiger partial charge in [0.25, 0.3) is 5.91 Å². The third kappa shape index (κ3) is 3.02. The standard InChI is InChI=1S/C16H18N4O2S/c1-10(17-8-9-22-3)14-11(2)19-20(15(14)21)16-18-12-6-4-5-7-13(12)23-16/h4-7,14H,8-9H2,1-3H3/t14-/m1/s1. The maximum atomic E-state index is 12.7.